The van der Waals surface area contributed by atoms with E-state index in [0.29, 0.717) is 6.04 Å². The van der Waals surface area contributed by atoms with Crippen LogP contribution < -0.4 is 5.32 Å². The van der Waals surface area contributed by atoms with Gasteiger partial charge < -0.3 is 10.2 Å². The molecule has 0 spiro atoms. The van der Waals surface area contributed by atoms with E-state index in [2.05, 4.69) is 41.4 Å². The van der Waals surface area contributed by atoms with Crippen molar-refractivity contribution in [2.45, 2.75) is 39.2 Å². The van der Waals surface area contributed by atoms with Crippen LogP contribution in [0.4, 0.5) is 0 Å². The Kier molecular flexibility index (Phi) is 4.97. The lowest BCUT2D eigenvalue weighted by atomic mass is 10.0. The van der Waals surface area contributed by atoms with Crippen LogP contribution in [-0.2, 0) is 11.2 Å². The van der Waals surface area contributed by atoms with Gasteiger partial charge in [0.2, 0.25) is 5.91 Å². The summed E-state index contributed by atoms with van der Waals surface area (Å²) in [4.78, 5) is 13.9. The van der Waals surface area contributed by atoms with Gasteiger partial charge in [0, 0.05) is 19.5 Å². The van der Waals surface area contributed by atoms with Gasteiger partial charge in [0.1, 0.15) is 0 Å². The van der Waals surface area contributed by atoms with Gasteiger partial charge >= 0.3 is 0 Å². The number of hydrogen-bond acceptors (Lipinski definition) is 2. The van der Waals surface area contributed by atoms with Crippen LogP contribution in [0.15, 0.2) is 24.3 Å². The third kappa shape index (κ3) is 4.06. The molecule has 0 aromatic heterocycles. The summed E-state index contributed by atoms with van der Waals surface area (Å²) in [6, 6.07) is 9.02. The number of benzene rings is 1. The summed E-state index contributed by atoms with van der Waals surface area (Å²) in [6.07, 6.45) is 3.10. The minimum absolute atomic E-state index is 0.207. The van der Waals surface area contributed by atoms with Crippen LogP contribution in [0.25, 0.3) is 0 Å². The van der Waals surface area contributed by atoms with Gasteiger partial charge in [-0.2, -0.15) is 0 Å². The topological polar surface area (TPSA) is 32.3 Å². The summed E-state index contributed by atoms with van der Waals surface area (Å²) in [5.41, 5.74) is 2.59. The van der Waals surface area contributed by atoms with E-state index in [9.17, 15) is 4.79 Å². The zero-order chi connectivity index (χ0) is 13.7. The highest BCUT2D eigenvalue weighted by atomic mass is 16.2. The maximum absolute atomic E-state index is 11.8. The van der Waals surface area contributed by atoms with Crippen molar-refractivity contribution < 1.29 is 4.79 Å². The lowest BCUT2D eigenvalue weighted by Gasteiger charge is -2.34. The van der Waals surface area contributed by atoms with Gasteiger partial charge in [-0.15, -0.1) is 0 Å². The summed E-state index contributed by atoms with van der Waals surface area (Å²) in [7, 11) is 0. The van der Waals surface area contributed by atoms with E-state index in [-0.39, 0.29) is 5.91 Å². The minimum atomic E-state index is 0.207. The second kappa shape index (κ2) is 6.71. The van der Waals surface area contributed by atoms with Gasteiger partial charge in [-0.05, 0) is 44.8 Å². The van der Waals surface area contributed by atoms with Crippen LogP contribution in [0.3, 0.4) is 0 Å². The highest BCUT2D eigenvalue weighted by Crippen LogP contribution is 2.13. The van der Waals surface area contributed by atoms with Crippen LogP contribution in [0, 0.1) is 6.92 Å². The first-order valence-electron chi connectivity index (χ1n) is 7.20. The van der Waals surface area contributed by atoms with Crippen LogP contribution in [-0.4, -0.2) is 36.5 Å². The first kappa shape index (κ1) is 14.1. The molecule has 0 saturated carbocycles. The van der Waals surface area contributed by atoms with E-state index in [4.69, 9.17) is 0 Å². The average molecular weight is 260 g/mol. The molecule has 1 aromatic carbocycles. The number of carbonyl (C=O) groups excluding carboxylic acids is 1. The molecule has 3 heteroatoms. The van der Waals surface area contributed by atoms with Crippen molar-refractivity contribution in [3.8, 4) is 0 Å². The maximum Gasteiger partial charge on any atom is 0.219 e. The molecular formula is C16H24N2O. The predicted molar refractivity (Wildman–Crippen MR) is 78.2 cm³/mol. The molecule has 2 rings (SSSR count). The number of carbonyl (C=O) groups is 1. The normalized spacial score (nSPS) is 16.3. The van der Waals surface area contributed by atoms with E-state index >= 15 is 0 Å². The maximum atomic E-state index is 11.8. The number of piperidine rings is 1. The molecule has 1 aliphatic rings. The summed E-state index contributed by atoms with van der Waals surface area (Å²) < 4.78 is 0. The lowest BCUT2D eigenvalue weighted by molar-refractivity contribution is -0.131. The molecule has 1 aromatic rings. The number of nitrogens with one attached hydrogen (secondary N) is 1. The fourth-order valence-corrected chi connectivity index (χ4v) is 2.72. The zero-order valence-corrected chi connectivity index (χ0v) is 12.0. The molecule has 19 heavy (non-hydrogen) atoms. The third-order valence-corrected chi connectivity index (χ3v) is 3.92. The zero-order valence-electron chi connectivity index (χ0n) is 12.0. The molecule has 104 valence electrons. The van der Waals surface area contributed by atoms with E-state index in [1.165, 1.54) is 11.1 Å². The first-order valence-corrected chi connectivity index (χ1v) is 7.20. The SMILES string of the molecule is CC(=O)N(CCc1ccc(C)cc1)C1CCNCC1. The number of rotatable bonds is 4. The van der Waals surface area contributed by atoms with E-state index in [0.717, 1.165) is 38.9 Å². The summed E-state index contributed by atoms with van der Waals surface area (Å²) in [5.74, 6) is 0.207. The van der Waals surface area contributed by atoms with E-state index in [1.54, 1.807) is 6.92 Å². The Labute approximate surface area is 116 Å². The van der Waals surface area contributed by atoms with Crippen LogP contribution in [0.2, 0.25) is 0 Å². The van der Waals surface area contributed by atoms with Crippen LogP contribution >= 0.6 is 0 Å². The Balaban J connectivity index is 1.93. The Morgan fingerprint density at radius 3 is 2.47 bits per heavy atom. The van der Waals surface area contributed by atoms with Gasteiger partial charge in [0.25, 0.3) is 0 Å². The standard InChI is InChI=1S/C16H24N2O/c1-13-3-5-15(6-4-13)9-12-18(14(2)19)16-7-10-17-11-8-16/h3-6,16-17H,7-12H2,1-2H3. The van der Waals surface area contributed by atoms with Crippen molar-refractivity contribution in [1.82, 2.24) is 10.2 Å². The van der Waals surface area contributed by atoms with Gasteiger partial charge in [0.05, 0.1) is 0 Å². The summed E-state index contributed by atoms with van der Waals surface area (Å²) >= 11 is 0. The predicted octanol–water partition coefficient (Wildman–Crippen LogP) is 2.14. The van der Waals surface area contributed by atoms with Gasteiger partial charge in [-0.25, -0.2) is 0 Å². The molecule has 1 fully saturated rings. The molecule has 3 nitrogen and oxygen atoms in total. The molecule has 1 N–H and O–H groups in total. The van der Waals surface area contributed by atoms with Crippen molar-refractivity contribution >= 4 is 5.91 Å². The van der Waals surface area contributed by atoms with E-state index in [1.807, 2.05) is 0 Å². The number of nitrogens with zero attached hydrogens (tertiary/aromatic N) is 1. The van der Waals surface area contributed by atoms with Crippen molar-refractivity contribution in [2.24, 2.45) is 0 Å². The lowest BCUT2D eigenvalue weighted by Crippen LogP contribution is -2.46. The minimum Gasteiger partial charge on any atom is -0.340 e. The Bertz CT molecular complexity index is 407. The highest BCUT2D eigenvalue weighted by Gasteiger charge is 2.22. The average Bonchev–Trinajstić information content (AvgIpc) is 2.42. The fourth-order valence-electron chi connectivity index (χ4n) is 2.72. The summed E-state index contributed by atoms with van der Waals surface area (Å²) in [5, 5.41) is 3.35. The molecule has 1 heterocycles. The molecule has 1 amide bonds. The Morgan fingerprint density at radius 1 is 1.26 bits per heavy atom. The Morgan fingerprint density at radius 2 is 1.89 bits per heavy atom. The number of amides is 1. The molecule has 0 atom stereocenters. The van der Waals surface area contributed by atoms with Gasteiger partial charge in [-0.1, -0.05) is 29.8 Å². The first-order chi connectivity index (χ1) is 9.16. The molecule has 0 bridgehead atoms. The van der Waals surface area contributed by atoms with Crippen molar-refractivity contribution in [2.75, 3.05) is 19.6 Å². The molecule has 0 radical (unpaired) electrons. The van der Waals surface area contributed by atoms with Gasteiger partial charge in [-0.3, -0.25) is 4.79 Å². The second-order valence-corrected chi connectivity index (χ2v) is 5.43. The number of aryl methyl sites for hydroxylation is 1. The smallest absolute Gasteiger partial charge is 0.219 e. The number of hydrogen-bond donors (Lipinski definition) is 1. The second-order valence-electron chi connectivity index (χ2n) is 5.43. The van der Waals surface area contributed by atoms with Gasteiger partial charge in [0.15, 0.2) is 0 Å². The molecule has 1 saturated heterocycles. The quantitative estimate of drug-likeness (QED) is 0.899. The monoisotopic (exact) mass is 260 g/mol. The largest absolute Gasteiger partial charge is 0.340 e. The van der Waals surface area contributed by atoms with Crippen molar-refractivity contribution in [3.63, 3.8) is 0 Å². The third-order valence-electron chi connectivity index (χ3n) is 3.92. The fraction of sp³-hybridized carbons (Fsp3) is 0.562. The molecule has 1 aliphatic heterocycles. The Hall–Kier alpha value is -1.35. The molecular weight excluding hydrogens is 236 g/mol. The summed E-state index contributed by atoms with van der Waals surface area (Å²) in [6.45, 7) is 6.68. The molecule has 0 aliphatic carbocycles. The van der Waals surface area contributed by atoms with E-state index < -0.39 is 0 Å². The van der Waals surface area contributed by atoms with Crippen LogP contribution in [0.5, 0.6) is 0 Å². The highest BCUT2D eigenvalue weighted by molar-refractivity contribution is 5.73. The molecule has 0 unspecified atom stereocenters. The van der Waals surface area contributed by atoms with Crippen molar-refractivity contribution in [1.29, 1.82) is 0 Å². The van der Waals surface area contributed by atoms with Crippen molar-refractivity contribution in [3.05, 3.63) is 35.4 Å². The van der Waals surface area contributed by atoms with Crippen LogP contribution in [0.1, 0.15) is 30.9 Å².